The Kier molecular flexibility index (Phi) is 19.0. The first-order valence-electron chi connectivity index (χ1n) is 23.4. The van der Waals surface area contributed by atoms with Gasteiger partial charge in [0.2, 0.25) is 17.9 Å². The van der Waals surface area contributed by atoms with E-state index in [0.717, 1.165) is 119 Å². The molecule has 404 valence electrons. The van der Waals surface area contributed by atoms with Gasteiger partial charge in [-0.3, -0.25) is 19.4 Å². The molecule has 0 radical (unpaired) electrons. The highest BCUT2D eigenvalue weighted by molar-refractivity contribution is 6.31. The monoisotopic (exact) mass is 1090 g/mol. The minimum atomic E-state index is -5.75. The Hall–Kier alpha value is -4.17. The quantitative estimate of drug-likeness (QED) is 0.242. The topological polar surface area (TPSA) is 115 Å². The van der Waals surface area contributed by atoms with Crippen LogP contribution in [0.5, 0.6) is 0 Å². The Labute approximate surface area is 417 Å². The van der Waals surface area contributed by atoms with Gasteiger partial charge in [0.15, 0.2) is 0 Å². The van der Waals surface area contributed by atoms with Crippen LogP contribution in [0, 0.1) is 0 Å². The van der Waals surface area contributed by atoms with Crippen molar-refractivity contribution in [3.63, 3.8) is 0 Å². The first-order chi connectivity index (χ1) is 33.7. The van der Waals surface area contributed by atoms with Gasteiger partial charge in [-0.25, -0.2) is 4.79 Å². The molecule has 2 aromatic carbocycles. The minimum Gasteiger partial charge on any atom is -0.426 e. The van der Waals surface area contributed by atoms with E-state index in [9.17, 15) is 67.1 Å². The van der Waals surface area contributed by atoms with Crippen LogP contribution in [0.15, 0.2) is 36.4 Å². The lowest BCUT2D eigenvalue weighted by Gasteiger charge is -2.36. The van der Waals surface area contributed by atoms with Crippen molar-refractivity contribution in [1.29, 1.82) is 0 Å². The normalized spacial score (nSPS) is 22.0. The molecular formula is C45H56Cl2F12N8O5. The summed E-state index contributed by atoms with van der Waals surface area (Å²) in [6.07, 6.45) is -27.7. The van der Waals surface area contributed by atoms with Crippen LogP contribution in [0.2, 0.25) is 10.0 Å². The van der Waals surface area contributed by atoms with Crippen LogP contribution in [-0.2, 0) is 27.4 Å². The predicted molar refractivity (Wildman–Crippen MR) is 242 cm³/mol. The number of carbonyl (C=O) groups excluding carboxylic acids is 3. The number of aliphatic hydroxyl groups is 1. The Morgan fingerprint density at radius 2 is 1.03 bits per heavy atom. The number of hydrogen-bond donors (Lipinski definition) is 2. The molecule has 0 unspecified atom stereocenters. The summed E-state index contributed by atoms with van der Waals surface area (Å²) in [6, 6.07) is 12.3. The van der Waals surface area contributed by atoms with Crippen LogP contribution in [-0.4, -0.2) is 188 Å². The molecule has 0 bridgehead atoms. The molecule has 2 aromatic rings. The zero-order valence-electron chi connectivity index (χ0n) is 38.8. The number of aliphatic hydroxyl groups excluding tert-OH is 1. The zero-order chi connectivity index (χ0) is 52.8. The van der Waals surface area contributed by atoms with Gasteiger partial charge in [-0.15, -0.1) is 0 Å². The number of nitrogens with one attached hydrogen (secondary N) is 1. The van der Waals surface area contributed by atoms with Gasteiger partial charge in [0.25, 0.3) is 6.10 Å². The van der Waals surface area contributed by atoms with Crippen LogP contribution >= 0.6 is 23.2 Å². The van der Waals surface area contributed by atoms with Crippen molar-refractivity contribution in [1.82, 2.24) is 29.8 Å². The number of carbonyl (C=O) groups is 3. The Morgan fingerprint density at radius 1 is 0.611 bits per heavy atom. The maximum atomic E-state index is 12.7. The first kappa shape index (κ1) is 57.1. The van der Waals surface area contributed by atoms with Crippen LogP contribution in [0.3, 0.4) is 0 Å². The maximum Gasteiger partial charge on any atom is 0.434 e. The van der Waals surface area contributed by atoms with E-state index in [2.05, 4.69) is 41.8 Å². The largest absolute Gasteiger partial charge is 0.434 e. The van der Waals surface area contributed by atoms with Gasteiger partial charge in [0, 0.05) is 139 Å². The van der Waals surface area contributed by atoms with E-state index < -0.39 is 43.0 Å². The van der Waals surface area contributed by atoms with Crippen molar-refractivity contribution < 1.29 is 76.9 Å². The Morgan fingerprint density at radius 3 is 1.39 bits per heavy atom. The molecule has 6 heterocycles. The van der Waals surface area contributed by atoms with Gasteiger partial charge in [0.1, 0.15) is 0 Å². The second kappa shape index (κ2) is 24.0. The molecule has 3 amide bonds. The molecule has 2 atom stereocenters. The highest BCUT2D eigenvalue weighted by Gasteiger charge is 2.60. The van der Waals surface area contributed by atoms with E-state index in [1.807, 2.05) is 28.0 Å². The third kappa shape index (κ3) is 15.4. The standard InChI is InChI=1S/C23H27ClF6N4O3.C19H27ClN4O.C3H2F6O/c24-16-4-3-15(18(12-16)33-7-5-17(14-33)34-6-1-2-19(34)35)13-31-8-10-32(11-9-31)21(36)37-20(22(25,26)27)23(28,29)30;20-16-4-3-15(13-22-10-6-21-7-11-22)18(12-16)23-9-5-17(14-23)24-8-1-2-19(24)25;4-2(5,6)1(10)3(7,8)9/h3-4,12,17,20H,1-2,5-11,13-14H2;3-4,12,17,21H,1-2,5-11,13-14H2;1,10H/t2*17-;/m11./s1. The van der Waals surface area contributed by atoms with Crippen molar-refractivity contribution >= 4 is 52.5 Å². The number of nitrogens with zero attached hydrogens (tertiary/aromatic N) is 7. The predicted octanol–water partition coefficient (Wildman–Crippen LogP) is 7.71. The van der Waals surface area contributed by atoms with Crippen molar-refractivity contribution in [3.05, 3.63) is 57.6 Å². The number of ether oxygens (including phenoxy) is 1. The number of rotatable bonds is 9. The Bertz CT molecular complexity index is 2130. The van der Waals surface area contributed by atoms with Crippen molar-refractivity contribution in [2.24, 2.45) is 0 Å². The van der Waals surface area contributed by atoms with Crippen LogP contribution < -0.4 is 15.1 Å². The number of likely N-dealkylation sites (tertiary alicyclic amines) is 2. The van der Waals surface area contributed by atoms with E-state index >= 15 is 0 Å². The molecule has 6 saturated heterocycles. The number of benzene rings is 2. The smallest absolute Gasteiger partial charge is 0.426 e. The summed E-state index contributed by atoms with van der Waals surface area (Å²) in [6.45, 7) is 11.1. The fourth-order valence-corrected chi connectivity index (χ4v) is 9.92. The van der Waals surface area contributed by atoms with Crippen molar-refractivity contribution in [2.75, 3.05) is 101 Å². The van der Waals surface area contributed by atoms with Crippen LogP contribution in [0.1, 0.15) is 49.7 Å². The fraction of sp³-hybridized carbons (Fsp3) is 0.667. The second-order valence-electron chi connectivity index (χ2n) is 18.3. The van der Waals surface area contributed by atoms with Gasteiger partial charge in [-0.05, 0) is 61.1 Å². The van der Waals surface area contributed by atoms with E-state index in [1.165, 1.54) is 11.3 Å². The average Bonchev–Trinajstić information content (AvgIpc) is 4.15. The molecule has 27 heteroatoms. The van der Waals surface area contributed by atoms with Gasteiger partial charge in [-0.1, -0.05) is 35.3 Å². The van der Waals surface area contributed by atoms with Crippen LogP contribution in [0.4, 0.5) is 68.9 Å². The summed E-state index contributed by atoms with van der Waals surface area (Å²) in [4.78, 5) is 50.2. The highest BCUT2D eigenvalue weighted by atomic mass is 35.5. The lowest BCUT2D eigenvalue weighted by Crippen LogP contribution is -2.52. The van der Waals surface area contributed by atoms with Gasteiger partial charge in [-0.2, -0.15) is 52.7 Å². The van der Waals surface area contributed by atoms with Gasteiger partial charge in [0.05, 0.1) is 12.1 Å². The van der Waals surface area contributed by atoms with Crippen molar-refractivity contribution in [3.8, 4) is 0 Å². The zero-order valence-corrected chi connectivity index (χ0v) is 40.3. The summed E-state index contributed by atoms with van der Waals surface area (Å²) < 4.78 is 146. The molecule has 13 nitrogen and oxygen atoms in total. The highest BCUT2D eigenvalue weighted by Crippen LogP contribution is 2.38. The van der Waals surface area contributed by atoms with Crippen molar-refractivity contribution in [2.45, 2.75) is 101 Å². The minimum absolute atomic E-state index is 0.0763. The first-order valence-corrected chi connectivity index (χ1v) is 24.2. The molecule has 0 saturated carbocycles. The summed E-state index contributed by atoms with van der Waals surface area (Å²) in [5.74, 6) is 0.505. The van der Waals surface area contributed by atoms with E-state index in [4.69, 9.17) is 28.3 Å². The van der Waals surface area contributed by atoms with Gasteiger partial charge >= 0.3 is 30.8 Å². The molecule has 0 aliphatic carbocycles. The van der Waals surface area contributed by atoms with Gasteiger partial charge < -0.3 is 39.7 Å². The average molecular weight is 1090 g/mol. The molecule has 6 fully saturated rings. The SMILES string of the molecule is O=C(OC(C(F)(F)F)C(F)(F)F)N1CCN(Cc2ccc(Cl)cc2N2CC[C@@H](N3CCCC3=O)C2)CC1.O=C1CCCN1[C@@H]1CCN(c2cc(Cl)ccc2CN2CCNCC2)C1.OC(C(F)(F)F)C(F)(F)F. The summed E-state index contributed by atoms with van der Waals surface area (Å²) in [5.41, 5.74) is 4.46. The number of piperazine rings is 2. The molecule has 8 rings (SSSR count). The Balaban J connectivity index is 0.000000207. The number of anilines is 2. The number of alkyl halides is 12. The fourth-order valence-electron chi connectivity index (χ4n) is 9.59. The van der Waals surface area contributed by atoms with E-state index in [0.29, 0.717) is 36.5 Å². The molecule has 0 aromatic heterocycles. The number of halogens is 14. The summed E-state index contributed by atoms with van der Waals surface area (Å²) in [7, 11) is 0. The summed E-state index contributed by atoms with van der Waals surface area (Å²) >= 11 is 12.6. The van der Waals surface area contributed by atoms with Crippen LogP contribution in [0.25, 0.3) is 0 Å². The third-order valence-electron chi connectivity index (χ3n) is 13.3. The molecule has 72 heavy (non-hydrogen) atoms. The lowest BCUT2D eigenvalue weighted by molar-refractivity contribution is -0.309. The number of amides is 3. The lowest BCUT2D eigenvalue weighted by atomic mass is 10.1. The summed E-state index contributed by atoms with van der Waals surface area (Å²) in [5, 5.41) is 12.2. The molecule has 6 aliphatic rings. The number of hydrogen-bond acceptors (Lipinski definition) is 10. The third-order valence-corrected chi connectivity index (χ3v) is 13.7. The van der Waals surface area contributed by atoms with E-state index in [1.54, 1.807) is 6.07 Å². The molecule has 6 aliphatic heterocycles. The molecule has 0 spiro atoms. The molecular weight excluding hydrogens is 1030 g/mol. The van der Waals surface area contributed by atoms with E-state index in [-0.39, 0.29) is 38.1 Å². The maximum absolute atomic E-state index is 12.7. The second-order valence-corrected chi connectivity index (χ2v) is 19.2. The molecule has 2 N–H and O–H groups in total.